The van der Waals surface area contributed by atoms with E-state index in [1.54, 1.807) is 12.1 Å². The number of aliphatic hydroxyl groups is 1. The molecule has 5 nitrogen and oxygen atoms in total. The zero-order chi connectivity index (χ0) is 31.9. The molecule has 10 atom stereocenters. The molecule has 5 fully saturated rings. The maximum absolute atomic E-state index is 13.5. The third-order valence-corrected chi connectivity index (χ3v) is 15.2. The van der Waals surface area contributed by atoms with Gasteiger partial charge in [0.15, 0.2) is 0 Å². The average Bonchev–Trinajstić information content (AvgIpc) is 3.35. The number of para-hydroxylation sites is 1. The van der Waals surface area contributed by atoms with Crippen molar-refractivity contribution >= 4 is 17.6 Å². The second-order valence-electron chi connectivity index (χ2n) is 17.2. The number of esters is 1. The van der Waals surface area contributed by atoms with E-state index in [4.69, 9.17) is 4.74 Å². The van der Waals surface area contributed by atoms with Gasteiger partial charge in [0, 0.05) is 12.3 Å². The summed E-state index contributed by atoms with van der Waals surface area (Å²) in [4.78, 5) is 25.3. The molecule has 44 heavy (non-hydrogen) atoms. The number of aliphatic hydroxyl groups excluding tert-OH is 1. The van der Waals surface area contributed by atoms with Crippen molar-refractivity contribution in [1.29, 1.82) is 0 Å². The summed E-state index contributed by atoms with van der Waals surface area (Å²) in [7, 11) is 0. The van der Waals surface area contributed by atoms with Crippen LogP contribution in [0.25, 0.3) is 0 Å². The summed E-state index contributed by atoms with van der Waals surface area (Å²) >= 11 is 0. The molecule has 0 radical (unpaired) electrons. The van der Waals surface area contributed by atoms with Crippen molar-refractivity contribution in [2.24, 2.45) is 56.7 Å². The fourth-order valence-electron chi connectivity index (χ4n) is 12.8. The first-order chi connectivity index (χ1) is 20.6. The van der Waals surface area contributed by atoms with Gasteiger partial charge in [0.05, 0.1) is 24.0 Å². The highest BCUT2D eigenvalue weighted by Crippen LogP contribution is 2.77. The molecule has 0 saturated heterocycles. The highest BCUT2D eigenvalue weighted by Gasteiger charge is 2.71. The van der Waals surface area contributed by atoms with Crippen LogP contribution < -0.4 is 5.32 Å². The second kappa shape index (κ2) is 10.7. The monoisotopic (exact) mass is 603 g/mol. The number of allylic oxidation sites excluding steroid dienone is 1. The summed E-state index contributed by atoms with van der Waals surface area (Å²) in [6, 6.07) is 7.16. The van der Waals surface area contributed by atoms with Crippen molar-refractivity contribution in [3.8, 4) is 0 Å². The normalized spacial score (nSPS) is 43.9. The number of anilines is 1. The molecule has 1 aromatic carbocycles. The van der Waals surface area contributed by atoms with Crippen LogP contribution >= 0.6 is 0 Å². The molecule has 0 bridgehead atoms. The van der Waals surface area contributed by atoms with Crippen LogP contribution in [-0.4, -0.2) is 29.7 Å². The van der Waals surface area contributed by atoms with E-state index < -0.39 is 0 Å². The minimum atomic E-state index is -0.349. The number of benzene rings is 1. The minimum absolute atomic E-state index is 0.0341. The quantitative estimate of drug-likeness (QED) is 0.260. The van der Waals surface area contributed by atoms with Crippen molar-refractivity contribution in [2.45, 2.75) is 119 Å². The molecular formula is C39H57NO4. The van der Waals surface area contributed by atoms with E-state index in [0.717, 1.165) is 32.1 Å². The Morgan fingerprint density at radius 3 is 2.32 bits per heavy atom. The predicted molar refractivity (Wildman–Crippen MR) is 176 cm³/mol. The van der Waals surface area contributed by atoms with Crippen molar-refractivity contribution in [3.63, 3.8) is 0 Å². The summed E-state index contributed by atoms with van der Waals surface area (Å²) in [6.45, 7) is 21.2. The van der Waals surface area contributed by atoms with Crippen molar-refractivity contribution in [3.05, 3.63) is 42.0 Å². The zero-order valence-electron chi connectivity index (χ0n) is 28.4. The molecular weight excluding hydrogens is 546 g/mol. The lowest BCUT2D eigenvalue weighted by Gasteiger charge is -2.73. The molecule has 1 aromatic rings. The van der Waals surface area contributed by atoms with Gasteiger partial charge in [0.25, 0.3) is 0 Å². The Bertz CT molecular complexity index is 1330. The van der Waals surface area contributed by atoms with Crippen LogP contribution in [0.1, 0.15) is 123 Å². The van der Waals surface area contributed by atoms with E-state index in [-0.39, 0.29) is 45.1 Å². The Kier molecular flexibility index (Phi) is 7.75. The third kappa shape index (κ3) is 4.48. The Hall–Kier alpha value is -2.14. The first-order valence-corrected chi connectivity index (χ1v) is 17.5. The summed E-state index contributed by atoms with van der Waals surface area (Å²) < 4.78 is 6.24. The maximum atomic E-state index is 13.5. The van der Waals surface area contributed by atoms with Crippen LogP contribution in [0.4, 0.5) is 5.69 Å². The Labute approximate surface area is 266 Å². The number of nitrogens with one attached hydrogen (secondary N) is 1. The average molecular weight is 604 g/mol. The van der Waals surface area contributed by atoms with Gasteiger partial charge in [-0.1, -0.05) is 58.9 Å². The number of fused-ring (bicyclic) bond motifs is 7. The number of hydrogen-bond donors (Lipinski definition) is 2. The molecule has 242 valence electrons. The van der Waals surface area contributed by atoms with E-state index in [9.17, 15) is 14.7 Å². The molecule has 0 heterocycles. The molecule has 4 unspecified atom stereocenters. The first kappa shape index (κ1) is 31.8. The van der Waals surface area contributed by atoms with Crippen LogP contribution in [0.5, 0.6) is 0 Å². The lowest BCUT2D eigenvalue weighted by atomic mass is 9.32. The molecule has 0 spiro atoms. The van der Waals surface area contributed by atoms with E-state index in [1.165, 1.54) is 44.6 Å². The predicted octanol–water partition coefficient (Wildman–Crippen LogP) is 8.82. The molecule has 0 aliphatic heterocycles. The SMILES string of the molecule is C=C(C)[C@@H]1CC[C@]2(COC(=O)c3ccccc3NC(C)=O)CC[C@]3(C)C(CCC4[C@@]5(C)CC[C@H](O)C(C)(C)C5CC[C@]43C)C12. The largest absolute Gasteiger partial charge is 0.461 e. The number of carbonyl (C=O) groups excluding carboxylic acids is 2. The van der Waals surface area contributed by atoms with Gasteiger partial charge in [-0.15, -0.1) is 0 Å². The van der Waals surface area contributed by atoms with Crippen molar-refractivity contribution in [1.82, 2.24) is 0 Å². The molecule has 0 aromatic heterocycles. The number of ether oxygens (including phenoxy) is 1. The number of hydrogen-bond acceptors (Lipinski definition) is 4. The highest BCUT2D eigenvalue weighted by atomic mass is 16.5. The van der Waals surface area contributed by atoms with Gasteiger partial charge in [0.1, 0.15) is 0 Å². The van der Waals surface area contributed by atoms with Crippen LogP contribution in [0.15, 0.2) is 36.4 Å². The molecule has 5 aliphatic rings. The molecule has 2 N–H and O–H groups in total. The second-order valence-corrected chi connectivity index (χ2v) is 17.2. The number of amides is 1. The van der Waals surface area contributed by atoms with Crippen LogP contribution in [0.3, 0.4) is 0 Å². The van der Waals surface area contributed by atoms with Gasteiger partial charge in [-0.25, -0.2) is 4.79 Å². The lowest BCUT2D eigenvalue weighted by molar-refractivity contribution is -0.249. The molecule has 5 aliphatic carbocycles. The van der Waals surface area contributed by atoms with Gasteiger partial charge >= 0.3 is 5.97 Å². The Balaban J connectivity index is 1.30. The number of rotatable bonds is 5. The smallest absolute Gasteiger partial charge is 0.340 e. The van der Waals surface area contributed by atoms with Crippen LogP contribution in [-0.2, 0) is 9.53 Å². The lowest BCUT2D eigenvalue weighted by Crippen LogP contribution is -2.66. The fourth-order valence-corrected chi connectivity index (χ4v) is 12.8. The van der Waals surface area contributed by atoms with E-state index in [2.05, 4.69) is 53.4 Å². The summed E-state index contributed by atoms with van der Waals surface area (Å²) in [5.41, 5.74) is 2.88. The molecule has 5 heteroatoms. The van der Waals surface area contributed by atoms with E-state index >= 15 is 0 Å². The van der Waals surface area contributed by atoms with Crippen molar-refractivity contribution < 1.29 is 19.4 Å². The maximum Gasteiger partial charge on any atom is 0.340 e. The highest BCUT2D eigenvalue weighted by molar-refractivity contribution is 6.00. The Morgan fingerprint density at radius 1 is 0.886 bits per heavy atom. The van der Waals surface area contributed by atoms with Gasteiger partial charge in [-0.2, -0.15) is 0 Å². The molecule has 5 saturated carbocycles. The zero-order valence-corrected chi connectivity index (χ0v) is 28.4. The number of carbonyl (C=O) groups is 2. The fraction of sp³-hybridized carbons (Fsp3) is 0.744. The molecule has 6 rings (SSSR count). The van der Waals surface area contributed by atoms with Crippen LogP contribution in [0.2, 0.25) is 0 Å². The van der Waals surface area contributed by atoms with Gasteiger partial charge in [-0.05, 0) is 135 Å². The topological polar surface area (TPSA) is 75.6 Å². The summed E-state index contributed by atoms with van der Waals surface area (Å²) in [5.74, 6) is 2.19. The van der Waals surface area contributed by atoms with E-state index in [1.807, 2.05) is 12.1 Å². The van der Waals surface area contributed by atoms with Gasteiger partial charge in [-0.3, -0.25) is 4.79 Å². The Morgan fingerprint density at radius 2 is 1.61 bits per heavy atom. The third-order valence-electron chi connectivity index (χ3n) is 15.2. The van der Waals surface area contributed by atoms with Gasteiger partial charge in [0.2, 0.25) is 5.91 Å². The summed E-state index contributed by atoms with van der Waals surface area (Å²) in [6.07, 6.45) is 11.3. The van der Waals surface area contributed by atoms with Crippen LogP contribution in [0, 0.1) is 56.7 Å². The first-order valence-electron chi connectivity index (χ1n) is 17.5. The minimum Gasteiger partial charge on any atom is -0.461 e. The standard InChI is InChI=1S/C39H57NO4/c1-24(2)26-15-20-39(23-44-34(43)27-11-9-10-12-29(27)40-25(3)41)22-21-37(7)28(33(26)39)13-14-31-36(6)18-17-32(42)35(4,5)30(36)16-19-38(31,37)8/h9-12,26,28,30-33,42H,1,13-23H2,2-8H3,(H,40,41)/t26-,28?,30?,31?,32-,33?,36-,37+,38+,39+/m0/s1. The van der Waals surface area contributed by atoms with E-state index in [0.29, 0.717) is 47.4 Å². The van der Waals surface area contributed by atoms with Crippen molar-refractivity contribution in [2.75, 3.05) is 11.9 Å². The molecule has 1 amide bonds. The summed E-state index contributed by atoms with van der Waals surface area (Å²) in [5, 5.41) is 13.9. The van der Waals surface area contributed by atoms with Gasteiger partial charge < -0.3 is 15.2 Å².